The summed E-state index contributed by atoms with van der Waals surface area (Å²) in [6, 6.07) is 3.88. The third kappa shape index (κ3) is 3.22. The van der Waals surface area contributed by atoms with Crippen LogP contribution in [0.3, 0.4) is 0 Å². The van der Waals surface area contributed by atoms with Crippen LogP contribution in [0.2, 0.25) is 0 Å². The molecule has 126 valence electrons. The molecule has 0 bridgehead atoms. The number of thiazole rings is 1. The molecule has 5 nitrogen and oxygen atoms in total. The molecule has 0 spiro atoms. The topological polar surface area (TPSA) is 77.8 Å². The number of nitriles is 1. The summed E-state index contributed by atoms with van der Waals surface area (Å²) in [5.74, 6) is -3.96. The minimum Gasteiger partial charge on any atom is -0.305 e. The summed E-state index contributed by atoms with van der Waals surface area (Å²) < 4.78 is 54.0. The number of benzene rings is 2. The highest BCUT2D eigenvalue weighted by Gasteiger charge is 2.17. The van der Waals surface area contributed by atoms with Gasteiger partial charge in [0.2, 0.25) is 0 Å². The van der Waals surface area contributed by atoms with Gasteiger partial charge in [-0.3, -0.25) is 5.32 Å². The number of halogens is 4. The molecule has 3 aromatic rings. The molecule has 2 aromatic carbocycles. The van der Waals surface area contributed by atoms with Crippen LogP contribution in [0.1, 0.15) is 5.56 Å². The van der Waals surface area contributed by atoms with Crippen molar-refractivity contribution < 1.29 is 22.4 Å². The maximum atomic E-state index is 13.9. The molecule has 0 saturated carbocycles. The second-order valence-electron chi connectivity index (χ2n) is 4.73. The van der Waals surface area contributed by atoms with Gasteiger partial charge in [0.1, 0.15) is 28.8 Å². The van der Waals surface area contributed by atoms with Crippen LogP contribution < -0.4 is 10.6 Å². The zero-order chi connectivity index (χ0) is 18.1. The number of rotatable bonds is 2. The lowest BCUT2D eigenvalue weighted by atomic mass is 10.2. The van der Waals surface area contributed by atoms with Crippen LogP contribution in [-0.2, 0) is 0 Å². The van der Waals surface area contributed by atoms with Gasteiger partial charge in [-0.05, 0) is 18.2 Å². The fraction of sp³-hybridized carbons (Fsp3) is 0. The molecule has 0 aliphatic carbocycles. The molecule has 0 unspecified atom stereocenters. The Hall–Kier alpha value is -3.19. The minimum atomic E-state index is -1.23. The van der Waals surface area contributed by atoms with Gasteiger partial charge in [-0.25, -0.2) is 27.3 Å². The van der Waals surface area contributed by atoms with Crippen molar-refractivity contribution in [1.29, 1.82) is 5.26 Å². The normalized spacial score (nSPS) is 10.5. The van der Waals surface area contributed by atoms with E-state index in [9.17, 15) is 22.4 Å². The van der Waals surface area contributed by atoms with Crippen molar-refractivity contribution in [3.63, 3.8) is 0 Å². The third-order valence-corrected chi connectivity index (χ3v) is 4.00. The Balaban J connectivity index is 1.82. The van der Waals surface area contributed by atoms with E-state index >= 15 is 0 Å². The Kier molecular flexibility index (Phi) is 4.24. The molecule has 0 radical (unpaired) electrons. The van der Waals surface area contributed by atoms with Crippen molar-refractivity contribution in [2.24, 2.45) is 0 Å². The average Bonchev–Trinajstić information content (AvgIpc) is 2.93. The smallest absolute Gasteiger partial charge is 0.305 e. The molecule has 0 saturated heterocycles. The van der Waals surface area contributed by atoms with Crippen molar-refractivity contribution in [2.75, 3.05) is 10.6 Å². The molecule has 10 heteroatoms. The average molecular weight is 366 g/mol. The summed E-state index contributed by atoms with van der Waals surface area (Å²) in [4.78, 5) is 15.7. The largest absolute Gasteiger partial charge is 0.325 e. The van der Waals surface area contributed by atoms with Gasteiger partial charge in [0.25, 0.3) is 0 Å². The molecular formula is C15H6F4N4OS. The van der Waals surface area contributed by atoms with Crippen LogP contribution in [-0.4, -0.2) is 11.0 Å². The number of hydrogen-bond donors (Lipinski definition) is 2. The number of carbonyl (C=O) groups excluding carboxylic acids is 1. The highest BCUT2D eigenvalue weighted by Crippen LogP contribution is 2.29. The first kappa shape index (κ1) is 16.7. The number of amides is 2. The fourth-order valence-electron chi connectivity index (χ4n) is 2.01. The number of urea groups is 1. The predicted molar refractivity (Wildman–Crippen MR) is 83.3 cm³/mol. The van der Waals surface area contributed by atoms with Crippen LogP contribution in [0.25, 0.3) is 10.2 Å². The van der Waals surface area contributed by atoms with Gasteiger partial charge in [0, 0.05) is 6.07 Å². The van der Waals surface area contributed by atoms with Crippen LogP contribution >= 0.6 is 11.3 Å². The number of fused-ring (bicyclic) bond motifs is 1. The SMILES string of the molecule is N#Cc1c(F)ccc(NC(=O)Nc2nc3c(F)cc(F)cc3s2)c1F. The Bertz CT molecular complexity index is 1040. The Morgan fingerprint density at radius 3 is 2.60 bits per heavy atom. The van der Waals surface area contributed by atoms with E-state index in [0.717, 1.165) is 29.5 Å². The molecule has 0 atom stereocenters. The van der Waals surface area contributed by atoms with E-state index in [0.29, 0.717) is 6.07 Å². The molecule has 0 aliphatic heterocycles. The Labute approximate surface area is 141 Å². The number of anilines is 2. The molecule has 25 heavy (non-hydrogen) atoms. The molecule has 0 aliphatic rings. The number of carbonyl (C=O) groups is 1. The van der Waals surface area contributed by atoms with Gasteiger partial charge in [-0.2, -0.15) is 5.26 Å². The maximum absolute atomic E-state index is 13.9. The van der Waals surface area contributed by atoms with E-state index in [1.807, 2.05) is 0 Å². The Morgan fingerprint density at radius 1 is 1.12 bits per heavy atom. The van der Waals surface area contributed by atoms with Gasteiger partial charge >= 0.3 is 6.03 Å². The van der Waals surface area contributed by atoms with Gasteiger partial charge in [0.05, 0.1) is 10.4 Å². The van der Waals surface area contributed by atoms with E-state index in [2.05, 4.69) is 15.6 Å². The van der Waals surface area contributed by atoms with Crippen molar-refractivity contribution in [3.05, 3.63) is 53.1 Å². The van der Waals surface area contributed by atoms with Crippen molar-refractivity contribution in [2.45, 2.75) is 0 Å². The third-order valence-electron chi connectivity index (χ3n) is 3.08. The highest BCUT2D eigenvalue weighted by molar-refractivity contribution is 7.22. The summed E-state index contributed by atoms with van der Waals surface area (Å²) in [5.41, 5.74) is -1.38. The van der Waals surface area contributed by atoms with E-state index in [1.165, 1.54) is 6.07 Å². The van der Waals surface area contributed by atoms with Crippen molar-refractivity contribution in [1.82, 2.24) is 4.98 Å². The molecule has 2 amide bonds. The second kappa shape index (κ2) is 6.37. The summed E-state index contributed by atoms with van der Waals surface area (Å²) in [6.45, 7) is 0. The number of hydrogen-bond acceptors (Lipinski definition) is 4. The first-order valence-corrected chi connectivity index (χ1v) is 7.42. The van der Waals surface area contributed by atoms with Gasteiger partial charge in [-0.1, -0.05) is 11.3 Å². The lowest BCUT2D eigenvalue weighted by Crippen LogP contribution is -2.20. The molecule has 2 N–H and O–H groups in total. The monoisotopic (exact) mass is 366 g/mol. The summed E-state index contributed by atoms with van der Waals surface area (Å²) >= 11 is 0.810. The van der Waals surface area contributed by atoms with E-state index in [-0.39, 0.29) is 15.3 Å². The highest BCUT2D eigenvalue weighted by atomic mass is 32.1. The van der Waals surface area contributed by atoms with Gasteiger partial charge in [0.15, 0.2) is 16.8 Å². The minimum absolute atomic E-state index is 0.0555. The summed E-state index contributed by atoms with van der Waals surface area (Å²) in [6.07, 6.45) is 0. The van der Waals surface area contributed by atoms with Crippen molar-refractivity contribution >= 4 is 38.4 Å². The zero-order valence-electron chi connectivity index (χ0n) is 12.0. The van der Waals surface area contributed by atoms with Gasteiger partial charge < -0.3 is 5.32 Å². The molecule has 1 heterocycles. The van der Waals surface area contributed by atoms with E-state index in [4.69, 9.17) is 5.26 Å². The standard InChI is InChI=1S/C15H6F4N4OS/c16-6-3-9(18)13-11(4-6)25-15(22-13)23-14(24)21-10-2-1-8(17)7(5-20)12(10)19/h1-4H,(H2,21,22,23,24). The Morgan fingerprint density at radius 2 is 1.88 bits per heavy atom. The second-order valence-corrected chi connectivity index (χ2v) is 5.76. The van der Waals surface area contributed by atoms with Crippen LogP contribution in [0.5, 0.6) is 0 Å². The quantitative estimate of drug-likeness (QED) is 0.661. The number of aromatic nitrogens is 1. The van der Waals surface area contributed by atoms with E-state index < -0.39 is 40.6 Å². The molecule has 0 fully saturated rings. The van der Waals surface area contributed by atoms with Crippen molar-refractivity contribution in [3.8, 4) is 6.07 Å². The first-order chi connectivity index (χ1) is 11.9. The molecule has 1 aromatic heterocycles. The van der Waals surface area contributed by atoms with E-state index in [1.54, 1.807) is 0 Å². The lowest BCUT2D eigenvalue weighted by Gasteiger charge is -2.07. The number of nitrogens with zero attached hydrogens (tertiary/aromatic N) is 2. The molecule has 3 rings (SSSR count). The van der Waals surface area contributed by atoms with Crippen LogP contribution in [0.4, 0.5) is 33.2 Å². The predicted octanol–water partition coefficient (Wildman–Crippen LogP) is 4.37. The number of nitrogens with one attached hydrogen (secondary N) is 2. The van der Waals surface area contributed by atoms with Crippen LogP contribution in [0.15, 0.2) is 24.3 Å². The molecular weight excluding hydrogens is 360 g/mol. The fourth-order valence-corrected chi connectivity index (χ4v) is 2.91. The first-order valence-electron chi connectivity index (χ1n) is 6.60. The zero-order valence-corrected chi connectivity index (χ0v) is 12.8. The summed E-state index contributed by atoms with van der Waals surface area (Å²) in [5, 5.41) is 13.0. The van der Waals surface area contributed by atoms with Gasteiger partial charge in [-0.15, -0.1) is 0 Å². The maximum Gasteiger partial charge on any atom is 0.325 e. The lowest BCUT2D eigenvalue weighted by molar-refractivity contribution is 0.262. The summed E-state index contributed by atoms with van der Waals surface area (Å²) in [7, 11) is 0. The van der Waals surface area contributed by atoms with Crippen LogP contribution in [0, 0.1) is 34.6 Å².